The SMILES string of the molecule is Cc1nc2cc(NC3CCN(C)CC3)ccc2o1. The first-order valence-electron chi connectivity index (χ1n) is 6.53. The van der Waals surface area contributed by atoms with E-state index >= 15 is 0 Å². The predicted octanol–water partition coefficient (Wildman–Crippen LogP) is 2.64. The number of piperidine rings is 1. The van der Waals surface area contributed by atoms with Crippen molar-refractivity contribution >= 4 is 16.8 Å². The van der Waals surface area contributed by atoms with Gasteiger partial charge in [-0.1, -0.05) is 0 Å². The lowest BCUT2D eigenvalue weighted by molar-refractivity contribution is 0.264. The standard InChI is InChI=1S/C14H19N3O/c1-10-15-13-9-12(3-4-14(13)18-10)16-11-5-7-17(2)8-6-11/h3-4,9,11,16H,5-8H2,1-2H3. The summed E-state index contributed by atoms with van der Waals surface area (Å²) in [6.45, 7) is 4.22. The van der Waals surface area contributed by atoms with E-state index in [4.69, 9.17) is 4.42 Å². The van der Waals surface area contributed by atoms with Gasteiger partial charge in [-0.05, 0) is 51.2 Å². The lowest BCUT2D eigenvalue weighted by Gasteiger charge is -2.30. The zero-order valence-electron chi connectivity index (χ0n) is 10.9. The number of fused-ring (bicyclic) bond motifs is 1. The molecule has 1 N–H and O–H groups in total. The Kier molecular flexibility index (Phi) is 2.96. The quantitative estimate of drug-likeness (QED) is 0.883. The first-order valence-corrected chi connectivity index (χ1v) is 6.53. The van der Waals surface area contributed by atoms with Crippen LogP contribution in [0.15, 0.2) is 22.6 Å². The highest BCUT2D eigenvalue weighted by atomic mass is 16.3. The molecule has 1 aliphatic heterocycles. The number of aromatic nitrogens is 1. The van der Waals surface area contributed by atoms with Crippen LogP contribution in [0.5, 0.6) is 0 Å². The van der Waals surface area contributed by atoms with E-state index in [-0.39, 0.29) is 0 Å². The summed E-state index contributed by atoms with van der Waals surface area (Å²) >= 11 is 0. The number of nitrogens with zero attached hydrogens (tertiary/aromatic N) is 2. The molecule has 2 heterocycles. The second-order valence-electron chi connectivity index (χ2n) is 5.14. The Bertz CT molecular complexity index is 541. The fourth-order valence-corrected chi connectivity index (χ4v) is 2.52. The molecule has 1 aliphatic rings. The van der Waals surface area contributed by atoms with E-state index in [2.05, 4.69) is 34.4 Å². The van der Waals surface area contributed by atoms with Gasteiger partial charge in [-0.15, -0.1) is 0 Å². The zero-order valence-corrected chi connectivity index (χ0v) is 10.9. The predicted molar refractivity (Wildman–Crippen MR) is 72.9 cm³/mol. The van der Waals surface area contributed by atoms with Crippen molar-refractivity contribution in [1.29, 1.82) is 0 Å². The lowest BCUT2D eigenvalue weighted by Crippen LogP contribution is -2.36. The van der Waals surface area contributed by atoms with Gasteiger partial charge in [0.25, 0.3) is 0 Å². The van der Waals surface area contributed by atoms with Crippen molar-refractivity contribution in [2.24, 2.45) is 0 Å². The Morgan fingerprint density at radius 1 is 1.33 bits per heavy atom. The van der Waals surface area contributed by atoms with Crippen LogP contribution in [0.25, 0.3) is 11.1 Å². The van der Waals surface area contributed by atoms with E-state index in [1.165, 1.54) is 25.9 Å². The highest BCUT2D eigenvalue weighted by Crippen LogP contribution is 2.22. The van der Waals surface area contributed by atoms with Crippen LogP contribution in [0.2, 0.25) is 0 Å². The molecular formula is C14H19N3O. The minimum Gasteiger partial charge on any atom is -0.441 e. The molecule has 0 amide bonds. The molecule has 0 spiro atoms. The lowest BCUT2D eigenvalue weighted by atomic mass is 10.1. The van der Waals surface area contributed by atoms with Crippen molar-refractivity contribution in [2.45, 2.75) is 25.8 Å². The first kappa shape index (κ1) is 11.5. The van der Waals surface area contributed by atoms with Gasteiger partial charge in [-0.25, -0.2) is 4.98 Å². The molecule has 0 radical (unpaired) electrons. The summed E-state index contributed by atoms with van der Waals surface area (Å²) in [4.78, 5) is 6.74. The molecule has 0 unspecified atom stereocenters. The van der Waals surface area contributed by atoms with Crippen molar-refractivity contribution in [3.05, 3.63) is 24.1 Å². The fourth-order valence-electron chi connectivity index (χ4n) is 2.52. The molecule has 96 valence electrons. The van der Waals surface area contributed by atoms with Crippen molar-refractivity contribution in [2.75, 3.05) is 25.5 Å². The van der Waals surface area contributed by atoms with Crippen molar-refractivity contribution in [3.63, 3.8) is 0 Å². The molecule has 1 fully saturated rings. The van der Waals surface area contributed by atoms with E-state index in [0.717, 1.165) is 22.7 Å². The molecule has 4 heteroatoms. The number of nitrogens with one attached hydrogen (secondary N) is 1. The molecule has 2 aromatic rings. The van der Waals surface area contributed by atoms with Gasteiger partial charge in [0.2, 0.25) is 0 Å². The van der Waals surface area contributed by atoms with Crippen molar-refractivity contribution < 1.29 is 4.42 Å². The molecule has 0 atom stereocenters. The molecule has 3 rings (SSSR count). The summed E-state index contributed by atoms with van der Waals surface area (Å²) in [5, 5.41) is 3.59. The van der Waals surface area contributed by atoms with Gasteiger partial charge in [-0.3, -0.25) is 0 Å². The Hall–Kier alpha value is -1.55. The third kappa shape index (κ3) is 2.34. The van der Waals surface area contributed by atoms with Crippen LogP contribution in [-0.2, 0) is 0 Å². The van der Waals surface area contributed by atoms with E-state index in [1.54, 1.807) is 0 Å². The summed E-state index contributed by atoms with van der Waals surface area (Å²) < 4.78 is 5.48. The maximum Gasteiger partial charge on any atom is 0.192 e. The topological polar surface area (TPSA) is 41.3 Å². The minimum atomic E-state index is 0.576. The Labute approximate surface area is 107 Å². The molecule has 0 aliphatic carbocycles. The number of hydrogen-bond donors (Lipinski definition) is 1. The summed E-state index contributed by atoms with van der Waals surface area (Å²) in [5.41, 5.74) is 2.94. The summed E-state index contributed by atoms with van der Waals surface area (Å²) in [6.07, 6.45) is 2.40. The summed E-state index contributed by atoms with van der Waals surface area (Å²) in [6, 6.07) is 6.72. The molecular weight excluding hydrogens is 226 g/mol. The highest BCUT2D eigenvalue weighted by molar-refractivity contribution is 5.77. The minimum absolute atomic E-state index is 0.576. The number of anilines is 1. The van der Waals surface area contributed by atoms with Crippen LogP contribution < -0.4 is 5.32 Å². The third-order valence-electron chi connectivity index (χ3n) is 3.58. The number of rotatable bonds is 2. The normalized spacial score (nSPS) is 18.3. The molecule has 0 bridgehead atoms. The molecule has 18 heavy (non-hydrogen) atoms. The van der Waals surface area contributed by atoms with Gasteiger partial charge < -0.3 is 14.6 Å². The van der Waals surface area contributed by atoms with Gasteiger partial charge in [0.1, 0.15) is 5.52 Å². The maximum atomic E-state index is 5.48. The monoisotopic (exact) mass is 245 g/mol. The zero-order chi connectivity index (χ0) is 12.5. The van der Waals surface area contributed by atoms with Crippen LogP contribution in [0, 0.1) is 6.92 Å². The second-order valence-corrected chi connectivity index (χ2v) is 5.14. The largest absolute Gasteiger partial charge is 0.441 e. The smallest absolute Gasteiger partial charge is 0.192 e. The highest BCUT2D eigenvalue weighted by Gasteiger charge is 2.16. The number of likely N-dealkylation sites (tertiary alicyclic amines) is 1. The average Bonchev–Trinajstić information content (AvgIpc) is 2.71. The van der Waals surface area contributed by atoms with Gasteiger partial charge in [0.05, 0.1) is 0 Å². The van der Waals surface area contributed by atoms with Crippen LogP contribution in [-0.4, -0.2) is 36.1 Å². The molecule has 4 nitrogen and oxygen atoms in total. The van der Waals surface area contributed by atoms with Gasteiger partial charge in [0.15, 0.2) is 11.5 Å². The summed E-state index contributed by atoms with van der Waals surface area (Å²) in [5.74, 6) is 0.724. The average molecular weight is 245 g/mol. The number of oxazole rings is 1. The second kappa shape index (κ2) is 4.61. The number of hydrogen-bond acceptors (Lipinski definition) is 4. The summed E-state index contributed by atoms with van der Waals surface area (Å²) in [7, 11) is 2.18. The van der Waals surface area contributed by atoms with Crippen molar-refractivity contribution in [1.82, 2.24) is 9.88 Å². The van der Waals surface area contributed by atoms with Crippen LogP contribution >= 0.6 is 0 Å². The van der Waals surface area contributed by atoms with Crippen LogP contribution in [0.1, 0.15) is 18.7 Å². The van der Waals surface area contributed by atoms with Gasteiger partial charge in [0, 0.05) is 18.7 Å². The van der Waals surface area contributed by atoms with Gasteiger partial charge in [-0.2, -0.15) is 0 Å². The molecule has 1 saturated heterocycles. The Balaban J connectivity index is 1.74. The Morgan fingerprint density at radius 2 is 2.11 bits per heavy atom. The van der Waals surface area contributed by atoms with E-state index in [1.807, 2.05) is 13.0 Å². The van der Waals surface area contributed by atoms with E-state index < -0.39 is 0 Å². The fraction of sp³-hybridized carbons (Fsp3) is 0.500. The maximum absolute atomic E-state index is 5.48. The van der Waals surface area contributed by atoms with E-state index in [0.29, 0.717) is 6.04 Å². The third-order valence-corrected chi connectivity index (χ3v) is 3.58. The molecule has 0 saturated carbocycles. The number of aryl methyl sites for hydroxylation is 1. The first-order chi connectivity index (χ1) is 8.70. The molecule has 1 aromatic carbocycles. The van der Waals surface area contributed by atoms with Gasteiger partial charge >= 0.3 is 0 Å². The number of benzene rings is 1. The van der Waals surface area contributed by atoms with Crippen LogP contribution in [0.4, 0.5) is 5.69 Å². The molecule has 1 aromatic heterocycles. The van der Waals surface area contributed by atoms with Crippen molar-refractivity contribution in [3.8, 4) is 0 Å². The van der Waals surface area contributed by atoms with Crippen LogP contribution in [0.3, 0.4) is 0 Å². The Morgan fingerprint density at radius 3 is 2.89 bits per heavy atom. The van der Waals surface area contributed by atoms with E-state index in [9.17, 15) is 0 Å².